The monoisotopic (exact) mass is 267 g/mol. The number of hydrazine groups is 1. The minimum absolute atomic E-state index is 0.351. The molecule has 6 nitrogen and oxygen atoms in total. The molecule has 0 saturated carbocycles. The smallest absolute Gasteiger partial charge is 0.108 e. The minimum Gasteiger partial charge on any atom is -0.309 e. The molecular formula is C14H13N5O. The van der Waals surface area contributed by atoms with Crippen molar-refractivity contribution in [3.8, 4) is 17.2 Å². The van der Waals surface area contributed by atoms with Gasteiger partial charge in [0.2, 0.25) is 0 Å². The van der Waals surface area contributed by atoms with E-state index in [9.17, 15) is 10.2 Å². The van der Waals surface area contributed by atoms with E-state index >= 15 is 0 Å². The Kier molecular flexibility index (Phi) is 4.03. The van der Waals surface area contributed by atoms with E-state index in [0.29, 0.717) is 22.5 Å². The summed E-state index contributed by atoms with van der Waals surface area (Å²) in [7, 11) is 3.57. The molecule has 20 heavy (non-hydrogen) atoms. The van der Waals surface area contributed by atoms with Gasteiger partial charge in [-0.05, 0) is 22.9 Å². The van der Waals surface area contributed by atoms with Crippen LogP contribution >= 0.6 is 0 Å². The number of nitroso groups, excluding NO2 is 1. The lowest BCUT2D eigenvalue weighted by atomic mass is 10.0. The van der Waals surface area contributed by atoms with E-state index in [1.807, 2.05) is 0 Å². The maximum absolute atomic E-state index is 10.4. The summed E-state index contributed by atoms with van der Waals surface area (Å²) in [6.45, 7) is 0. The second-order valence-electron chi connectivity index (χ2n) is 4.11. The van der Waals surface area contributed by atoms with Crippen LogP contribution in [0.5, 0.6) is 0 Å². The van der Waals surface area contributed by atoms with E-state index in [1.54, 1.807) is 55.8 Å². The SMILES string of the molecule is CNN(C)c1cncc(-c2ccc(N=O)cc2)c1C#N. The third kappa shape index (κ3) is 2.48. The lowest BCUT2D eigenvalue weighted by Gasteiger charge is -2.19. The van der Waals surface area contributed by atoms with E-state index in [1.165, 1.54) is 0 Å². The third-order valence-corrected chi connectivity index (χ3v) is 3.02. The zero-order valence-corrected chi connectivity index (χ0v) is 11.2. The molecule has 6 heteroatoms. The van der Waals surface area contributed by atoms with Gasteiger partial charge in [0.25, 0.3) is 0 Å². The highest BCUT2D eigenvalue weighted by Crippen LogP contribution is 2.29. The third-order valence-electron chi connectivity index (χ3n) is 3.02. The van der Waals surface area contributed by atoms with Crippen LogP contribution < -0.4 is 10.4 Å². The molecule has 0 aliphatic rings. The standard InChI is InChI=1S/C14H13N5O/c1-16-19(2)14-9-17-8-13(12(14)7-15)10-3-5-11(18-20)6-4-10/h3-6,8-9,16H,1-2H3. The first-order valence-electron chi connectivity index (χ1n) is 5.94. The number of aromatic nitrogens is 1. The van der Waals surface area contributed by atoms with Gasteiger partial charge in [-0.1, -0.05) is 12.1 Å². The van der Waals surface area contributed by atoms with Crippen molar-refractivity contribution in [1.82, 2.24) is 10.4 Å². The van der Waals surface area contributed by atoms with E-state index in [4.69, 9.17) is 0 Å². The van der Waals surface area contributed by atoms with Gasteiger partial charge < -0.3 is 5.01 Å². The van der Waals surface area contributed by atoms with E-state index < -0.39 is 0 Å². The van der Waals surface area contributed by atoms with E-state index in [2.05, 4.69) is 21.7 Å². The van der Waals surface area contributed by atoms with Gasteiger partial charge in [0, 0.05) is 25.9 Å². The number of anilines is 1. The molecule has 1 N–H and O–H groups in total. The normalized spacial score (nSPS) is 9.85. The summed E-state index contributed by atoms with van der Waals surface area (Å²) in [5, 5.41) is 14.0. The number of hydrogen-bond acceptors (Lipinski definition) is 6. The predicted molar refractivity (Wildman–Crippen MR) is 77.3 cm³/mol. The molecule has 0 aliphatic heterocycles. The molecule has 1 aromatic heterocycles. The lowest BCUT2D eigenvalue weighted by molar-refractivity contribution is 0.788. The minimum atomic E-state index is 0.351. The van der Waals surface area contributed by atoms with Gasteiger partial charge in [-0.2, -0.15) is 5.26 Å². The first-order chi connectivity index (χ1) is 9.71. The Morgan fingerprint density at radius 2 is 2.00 bits per heavy atom. The highest BCUT2D eigenvalue weighted by Gasteiger charge is 2.13. The molecule has 1 heterocycles. The van der Waals surface area contributed by atoms with E-state index in [0.717, 1.165) is 5.56 Å². The molecule has 0 bridgehead atoms. The van der Waals surface area contributed by atoms with Crippen LogP contribution in [0.1, 0.15) is 5.56 Å². The molecule has 0 radical (unpaired) electrons. The Balaban J connectivity index is 2.56. The lowest BCUT2D eigenvalue weighted by Crippen LogP contribution is -2.31. The molecule has 1 aromatic carbocycles. The largest absolute Gasteiger partial charge is 0.309 e. The second kappa shape index (κ2) is 5.91. The summed E-state index contributed by atoms with van der Waals surface area (Å²) in [6, 6.07) is 8.91. The Labute approximate surface area is 116 Å². The Bertz CT molecular complexity index is 660. The summed E-state index contributed by atoms with van der Waals surface area (Å²) >= 11 is 0. The van der Waals surface area contributed by atoms with Crippen LogP contribution in [-0.2, 0) is 0 Å². The number of nitriles is 1. The molecule has 2 aromatic rings. The average molecular weight is 267 g/mol. The van der Waals surface area contributed by atoms with Gasteiger partial charge in [0.15, 0.2) is 0 Å². The summed E-state index contributed by atoms with van der Waals surface area (Å²) in [5.74, 6) is 0. The van der Waals surface area contributed by atoms with Crippen molar-refractivity contribution in [3.05, 3.63) is 47.1 Å². The zero-order valence-electron chi connectivity index (χ0n) is 11.2. The molecular weight excluding hydrogens is 254 g/mol. The number of nitrogens with one attached hydrogen (secondary N) is 1. The second-order valence-corrected chi connectivity index (χ2v) is 4.11. The van der Waals surface area contributed by atoms with Crippen molar-refractivity contribution in [2.75, 3.05) is 19.1 Å². The molecule has 2 rings (SSSR count). The fraction of sp³-hybridized carbons (Fsp3) is 0.143. The van der Waals surface area contributed by atoms with Gasteiger partial charge in [-0.15, -0.1) is 4.91 Å². The zero-order chi connectivity index (χ0) is 14.5. The molecule has 0 saturated heterocycles. The first kappa shape index (κ1) is 13.6. The van der Waals surface area contributed by atoms with Crippen molar-refractivity contribution in [2.45, 2.75) is 0 Å². The molecule has 0 fully saturated rings. The topological polar surface area (TPSA) is 81.4 Å². The van der Waals surface area contributed by atoms with Gasteiger partial charge >= 0.3 is 0 Å². The van der Waals surface area contributed by atoms with Gasteiger partial charge in [0.1, 0.15) is 11.8 Å². The van der Waals surface area contributed by atoms with Crippen LogP contribution in [0, 0.1) is 16.2 Å². The maximum atomic E-state index is 10.4. The molecule has 0 atom stereocenters. The van der Waals surface area contributed by atoms with Crippen molar-refractivity contribution < 1.29 is 0 Å². The van der Waals surface area contributed by atoms with Crippen LogP contribution in [0.4, 0.5) is 11.4 Å². The predicted octanol–water partition coefficient (Wildman–Crippen LogP) is 2.59. The molecule has 0 spiro atoms. The average Bonchev–Trinajstić information content (AvgIpc) is 2.53. The van der Waals surface area contributed by atoms with Crippen LogP contribution in [0.2, 0.25) is 0 Å². The highest BCUT2D eigenvalue weighted by atomic mass is 16.3. The van der Waals surface area contributed by atoms with Gasteiger partial charge in [-0.3, -0.25) is 4.98 Å². The van der Waals surface area contributed by atoms with Gasteiger partial charge in [0.05, 0.1) is 17.4 Å². The maximum Gasteiger partial charge on any atom is 0.108 e. The van der Waals surface area contributed by atoms with Crippen molar-refractivity contribution >= 4 is 11.4 Å². The first-order valence-corrected chi connectivity index (χ1v) is 5.94. The molecule has 0 unspecified atom stereocenters. The summed E-state index contributed by atoms with van der Waals surface area (Å²) in [5.41, 5.74) is 6.02. The highest BCUT2D eigenvalue weighted by molar-refractivity contribution is 5.77. The summed E-state index contributed by atoms with van der Waals surface area (Å²) in [6.07, 6.45) is 3.26. The van der Waals surface area contributed by atoms with Crippen LogP contribution in [-0.4, -0.2) is 19.1 Å². The molecule has 100 valence electrons. The van der Waals surface area contributed by atoms with Crippen molar-refractivity contribution in [1.29, 1.82) is 5.26 Å². The summed E-state index contributed by atoms with van der Waals surface area (Å²) < 4.78 is 0. The number of nitrogens with zero attached hydrogens (tertiary/aromatic N) is 4. The van der Waals surface area contributed by atoms with Crippen LogP contribution in [0.15, 0.2) is 41.8 Å². The van der Waals surface area contributed by atoms with Crippen molar-refractivity contribution in [2.24, 2.45) is 5.18 Å². The Morgan fingerprint density at radius 3 is 2.55 bits per heavy atom. The van der Waals surface area contributed by atoms with Crippen LogP contribution in [0.25, 0.3) is 11.1 Å². The fourth-order valence-electron chi connectivity index (χ4n) is 1.86. The van der Waals surface area contributed by atoms with Crippen molar-refractivity contribution in [3.63, 3.8) is 0 Å². The van der Waals surface area contributed by atoms with Crippen LogP contribution in [0.3, 0.4) is 0 Å². The molecule has 0 aliphatic carbocycles. The number of benzene rings is 1. The quantitative estimate of drug-likeness (QED) is 0.680. The van der Waals surface area contributed by atoms with E-state index in [-0.39, 0.29) is 0 Å². The fourth-order valence-corrected chi connectivity index (χ4v) is 1.86. The number of hydrogen-bond donors (Lipinski definition) is 1. The molecule has 0 amide bonds. The Hall–Kier alpha value is -2.78. The number of pyridine rings is 1. The Morgan fingerprint density at radius 1 is 1.30 bits per heavy atom. The van der Waals surface area contributed by atoms with Gasteiger partial charge in [-0.25, -0.2) is 5.43 Å². The number of rotatable bonds is 4. The summed E-state index contributed by atoms with van der Waals surface area (Å²) in [4.78, 5) is 14.6.